The highest BCUT2D eigenvalue weighted by Gasteiger charge is 2.12. The van der Waals surface area contributed by atoms with Crippen molar-refractivity contribution in [3.63, 3.8) is 0 Å². The fourth-order valence-electron chi connectivity index (χ4n) is 0.650. The molecule has 1 aromatic rings. The van der Waals surface area contributed by atoms with E-state index in [1.807, 2.05) is 0 Å². The topological polar surface area (TPSA) is 66.5 Å². The maximum absolute atomic E-state index is 8.64. The lowest BCUT2D eigenvalue weighted by atomic mass is 10.2. The largest absolute Gasteiger partial charge is 0.449 e. The fourth-order valence-corrected chi connectivity index (χ4v) is 0.650. The van der Waals surface area contributed by atoms with Crippen LogP contribution in [-0.4, -0.2) is 28.4 Å². The first-order valence-corrected chi connectivity index (χ1v) is 2.99. The van der Waals surface area contributed by atoms with Gasteiger partial charge in [0.25, 0.3) is 0 Å². The van der Waals surface area contributed by atoms with Crippen LogP contribution in [0.15, 0.2) is 16.9 Å². The van der Waals surface area contributed by atoms with E-state index in [-0.39, 0.29) is 19.1 Å². The van der Waals surface area contributed by atoms with E-state index in [4.69, 9.17) is 14.6 Å². The number of aliphatic hydroxyl groups excluding tert-OH is 2. The maximum atomic E-state index is 8.64. The Bertz CT molecular complexity index is 169. The second-order valence-electron chi connectivity index (χ2n) is 1.93. The SMILES string of the molecule is OCC(CO)c1ncco1. The number of nitrogens with zero attached hydrogens (tertiary/aromatic N) is 1. The van der Waals surface area contributed by atoms with Crippen molar-refractivity contribution in [2.75, 3.05) is 13.2 Å². The van der Waals surface area contributed by atoms with Gasteiger partial charge in [-0.2, -0.15) is 0 Å². The average molecular weight is 143 g/mol. The lowest BCUT2D eigenvalue weighted by Gasteiger charge is -2.03. The molecule has 0 aromatic carbocycles. The number of oxazole rings is 1. The van der Waals surface area contributed by atoms with Crippen LogP contribution >= 0.6 is 0 Å². The lowest BCUT2D eigenvalue weighted by molar-refractivity contribution is 0.175. The van der Waals surface area contributed by atoms with Gasteiger partial charge in [0.15, 0.2) is 0 Å². The summed E-state index contributed by atoms with van der Waals surface area (Å²) in [4.78, 5) is 3.77. The van der Waals surface area contributed by atoms with E-state index < -0.39 is 0 Å². The minimum Gasteiger partial charge on any atom is -0.449 e. The summed E-state index contributed by atoms with van der Waals surface area (Å²) in [6, 6.07) is 0. The van der Waals surface area contributed by atoms with Crippen LogP contribution in [0.3, 0.4) is 0 Å². The van der Waals surface area contributed by atoms with Crippen molar-refractivity contribution in [2.45, 2.75) is 5.92 Å². The van der Waals surface area contributed by atoms with Crippen molar-refractivity contribution in [2.24, 2.45) is 0 Å². The van der Waals surface area contributed by atoms with Crippen LogP contribution < -0.4 is 0 Å². The minimum absolute atomic E-state index is 0.142. The van der Waals surface area contributed by atoms with E-state index in [0.717, 1.165) is 0 Å². The van der Waals surface area contributed by atoms with E-state index in [1.165, 1.54) is 12.5 Å². The van der Waals surface area contributed by atoms with Gasteiger partial charge in [-0.3, -0.25) is 0 Å². The van der Waals surface area contributed by atoms with Gasteiger partial charge in [-0.1, -0.05) is 0 Å². The van der Waals surface area contributed by atoms with Gasteiger partial charge in [-0.15, -0.1) is 0 Å². The van der Waals surface area contributed by atoms with Gasteiger partial charge in [0.1, 0.15) is 6.26 Å². The maximum Gasteiger partial charge on any atom is 0.201 e. The summed E-state index contributed by atoms with van der Waals surface area (Å²) in [5.41, 5.74) is 0. The van der Waals surface area contributed by atoms with Crippen LogP contribution in [0.25, 0.3) is 0 Å². The molecule has 0 saturated carbocycles. The summed E-state index contributed by atoms with van der Waals surface area (Å²) >= 11 is 0. The molecule has 4 nitrogen and oxygen atoms in total. The van der Waals surface area contributed by atoms with Crippen molar-refractivity contribution in [1.29, 1.82) is 0 Å². The van der Waals surface area contributed by atoms with Crippen molar-refractivity contribution < 1.29 is 14.6 Å². The van der Waals surface area contributed by atoms with Gasteiger partial charge in [-0.05, 0) is 0 Å². The summed E-state index contributed by atoms with van der Waals surface area (Å²) in [7, 11) is 0. The van der Waals surface area contributed by atoms with E-state index in [2.05, 4.69) is 4.98 Å². The number of aromatic nitrogens is 1. The van der Waals surface area contributed by atoms with Gasteiger partial charge >= 0.3 is 0 Å². The molecule has 0 atom stereocenters. The van der Waals surface area contributed by atoms with Gasteiger partial charge in [0, 0.05) is 0 Å². The van der Waals surface area contributed by atoms with Crippen LogP contribution in [-0.2, 0) is 0 Å². The molecule has 1 rings (SSSR count). The quantitative estimate of drug-likeness (QED) is 0.612. The highest BCUT2D eigenvalue weighted by atomic mass is 16.3. The molecule has 0 aliphatic carbocycles. The first-order valence-electron chi connectivity index (χ1n) is 2.99. The predicted octanol–water partition coefficient (Wildman–Crippen LogP) is -0.257. The third kappa shape index (κ3) is 1.34. The van der Waals surface area contributed by atoms with Crippen molar-refractivity contribution in [3.8, 4) is 0 Å². The molecule has 2 N–H and O–H groups in total. The summed E-state index contributed by atoms with van der Waals surface area (Å²) in [6.45, 7) is -0.284. The third-order valence-corrected chi connectivity index (χ3v) is 1.24. The molecular formula is C6H9NO3. The second kappa shape index (κ2) is 3.34. The van der Waals surface area contributed by atoms with Crippen LogP contribution in [0, 0.1) is 0 Å². The Morgan fingerprint density at radius 3 is 2.60 bits per heavy atom. The highest BCUT2D eigenvalue weighted by Crippen LogP contribution is 2.10. The molecule has 10 heavy (non-hydrogen) atoms. The Morgan fingerprint density at radius 2 is 2.20 bits per heavy atom. The number of hydrogen-bond donors (Lipinski definition) is 2. The van der Waals surface area contributed by atoms with E-state index in [0.29, 0.717) is 5.89 Å². The Kier molecular flexibility index (Phi) is 2.42. The molecule has 56 valence electrons. The smallest absolute Gasteiger partial charge is 0.201 e. The molecule has 0 aliphatic rings. The molecular weight excluding hydrogens is 134 g/mol. The molecule has 0 aliphatic heterocycles. The fraction of sp³-hybridized carbons (Fsp3) is 0.500. The molecule has 0 saturated heterocycles. The van der Waals surface area contributed by atoms with Gasteiger partial charge < -0.3 is 14.6 Å². The van der Waals surface area contributed by atoms with Crippen LogP contribution in [0.2, 0.25) is 0 Å². The van der Waals surface area contributed by atoms with Crippen molar-refractivity contribution >= 4 is 0 Å². The van der Waals surface area contributed by atoms with E-state index in [9.17, 15) is 0 Å². The third-order valence-electron chi connectivity index (χ3n) is 1.24. The Labute approximate surface area is 58.1 Å². The minimum atomic E-state index is -0.380. The zero-order valence-electron chi connectivity index (χ0n) is 5.40. The van der Waals surface area contributed by atoms with Crippen LogP contribution in [0.5, 0.6) is 0 Å². The summed E-state index contributed by atoms with van der Waals surface area (Å²) in [5.74, 6) is -0.000000000000000222. The Hall–Kier alpha value is -0.870. The van der Waals surface area contributed by atoms with Crippen LogP contribution in [0.1, 0.15) is 11.8 Å². The van der Waals surface area contributed by atoms with Gasteiger partial charge in [-0.25, -0.2) is 4.98 Å². The molecule has 0 amide bonds. The average Bonchev–Trinajstić information content (AvgIpc) is 2.43. The molecule has 0 unspecified atom stereocenters. The molecule has 0 spiro atoms. The van der Waals surface area contributed by atoms with Crippen molar-refractivity contribution in [1.82, 2.24) is 4.98 Å². The summed E-state index contributed by atoms with van der Waals surface area (Å²) < 4.78 is 4.85. The Morgan fingerprint density at radius 1 is 1.50 bits per heavy atom. The number of hydrogen-bond acceptors (Lipinski definition) is 4. The van der Waals surface area contributed by atoms with Gasteiger partial charge in [0.2, 0.25) is 5.89 Å². The normalized spacial score (nSPS) is 10.7. The zero-order valence-corrected chi connectivity index (χ0v) is 5.40. The molecule has 1 heterocycles. The first kappa shape index (κ1) is 7.24. The lowest BCUT2D eigenvalue weighted by Crippen LogP contribution is -2.08. The predicted molar refractivity (Wildman–Crippen MR) is 33.4 cm³/mol. The number of aliphatic hydroxyl groups is 2. The first-order chi connectivity index (χ1) is 4.88. The number of rotatable bonds is 3. The van der Waals surface area contributed by atoms with Crippen LogP contribution in [0.4, 0.5) is 0 Å². The molecule has 0 fully saturated rings. The monoisotopic (exact) mass is 143 g/mol. The van der Waals surface area contributed by atoms with E-state index >= 15 is 0 Å². The zero-order chi connectivity index (χ0) is 7.40. The van der Waals surface area contributed by atoms with Crippen molar-refractivity contribution in [3.05, 3.63) is 18.4 Å². The molecule has 4 heteroatoms. The summed E-state index contributed by atoms with van der Waals surface area (Å²) in [6.07, 6.45) is 2.89. The molecule has 0 radical (unpaired) electrons. The summed E-state index contributed by atoms with van der Waals surface area (Å²) in [5, 5.41) is 17.3. The standard InChI is InChI=1S/C6H9NO3/c8-3-5(4-9)6-7-1-2-10-6/h1-2,5,8-9H,3-4H2. The molecule has 0 bridgehead atoms. The van der Waals surface area contributed by atoms with E-state index in [1.54, 1.807) is 0 Å². The van der Waals surface area contributed by atoms with Gasteiger partial charge in [0.05, 0.1) is 25.3 Å². The second-order valence-corrected chi connectivity index (χ2v) is 1.93. The highest BCUT2D eigenvalue weighted by molar-refractivity contribution is 4.90. The molecule has 1 aromatic heterocycles. The Balaban J connectivity index is 2.64.